The average molecular weight is 471 g/mol. The maximum atomic E-state index is 13.3. The van der Waals surface area contributed by atoms with Gasteiger partial charge in [-0.25, -0.2) is 22.8 Å². The number of anilines is 1. The Kier molecular flexibility index (Phi) is 5.09. The standard InChI is InChI=1S/C21H22N6O3S2/c1-13-8-17(18-10-22-26(20(18)23-13)11-16-4-3-6-31-16)21(28)24-19-9-14(2)25-27(19)15-5-7-32(29,30)12-15/h3-4,6,8-10,15H,5,7,11-12H2,1-2H3,(H,24,28). The van der Waals surface area contributed by atoms with Crippen molar-refractivity contribution in [1.82, 2.24) is 24.5 Å². The lowest BCUT2D eigenvalue weighted by Gasteiger charge is -2.14. The second kappa shape index (κ2) is 7.82. The van der Waals surface area contributed by atoms with Crippen molar-refractivity contribution >= 4 is 43.9 Å². The summed E-state index contributed by atoms with van der Waals surface area (Å²) in [5.41, 5.74) is 2.54. The van der Waals surface area contributed by atoms with Crippen molar-refractivity contribution in [1.29, 1.82) is 0 Å². The van der Waals surface area contributed by atoms with Crippen LogP contribution in [-0.2, 0) is 16.4 Å². The number of carbonyl (C=O) groups is 1. The number of rotatable bonds is 5. The Bertz CT molecular complexity index is 1420. The summed E-state index contributed by atoms with van der Waals surface area (Å²) < 4.78 is 27.3. The number of thiophene rings is 1. The molecule has 0 spiro atoms. The molecule has 9 nitrogen and oxygen atoms in total. The Hall–Kier alpha value is -3.05. The van der Waals surface area contributed by atoms with Gasteiger partial charge in [0.15, 0.2) is 15.5 Å². The average Bonchev–Trinajstić information content (AvgIpc) is 3.51. The molecule has 5 heterocycles. The Morgan fingerprint density at radius 2 is 2.12 bits per heavy atom. The molecule has 5 rings (SSSR count). The van der Waals surface area contributed by atoms with Gasteiger partial charge in [0.2, 0.25) is 0 Å². The first-order valence-corrected chi connectivity index (χ1v) is 12.9. The molecule has 4 aromatic rings. The van der Waals surface area contributed by atoms with Gasteiger partial charge in [0.25, 0.3) is 5.91 Å². The lowest BCUT2D eigenvalue weighted by molar-refractivity contribution is 0.102. The minimum absolute atomic E-state index is 0.0328. The third kappa shape index (κ3) is 3.93. The predicted molar refractivity (Wildman–Crippen MR) is 123 cm³/mol. The molecule has 1 fully saturated rings. The van der Waals surface area contributed by atoms with Crippen molar-refractivity contribution in [3.8, 4) is 0 Å². The molecule has 0 aromatic carbocycles. The summed E-state index contributed by atoms with van der Waals surface area (Å²) in [6.45, 7) is 4.25. The number of amides is 1. The van der Waals surface area contributed by atoms with Gasteiger partial charge in [-0.15, -0.1) is 11.3 Å². The Balaban J connectivity index is 1.47. The minimum Gasteiger partial charge on any atom is -0.307 e. The van der Waals surface area contributed by atoms with Crippen LogP contribution in [0.25, 0.3) is 11.0 Å². The number of hydrogen-bond donors (Lipinski definition) is 1. The number of hydrogen-bond acceptors (Lipinski definition) is 7. The van der Waals surface area contributed by atoms with E-state index in [1.54, 1.807) is 39.0 Å². The van der Waals surface area contributed by atoms with Crippen molar-refractivity contribution in [3.05, 3.63) is 57.7 Å². The highest BCUT2D eigenvalue weighted by molar-refractivity contribution is 7.91. The molecular weight excluding hydrogens is 448 g/mol. The molecule has 1 N–H and O–H groups in total. The van der Waals surface area contributed by atoms with Gasteiger partial charge in [-0.1, -0.05) is 6.07 Å². The number of fused-ring (bicyclic) bond motifs is 1. The molecule has 1 amide bonds. The van der Waals surface area contributed by atoms with Crippen molar-refractivity contribution in [3.63, 3.8) is 0 Å². The lowest BCUT2D eigenvalue weighted by atomic mass is 10.1. The van der Waals surface area contributed by atoms with Crippen LogP contribution in [0.4, 0.5) is 5.82 Å². The summed E-state index contributed by atoms with van der Waals surface area (Å²) in [7, 11) is -3.08. The molecule has 1 unspecified atom stereocenters. The van der Waals surface area contributed by atoms with Crippen LogP contribution in [0.3, 0.4) is 0 Å². The van der Waals surface area contributed by atoms with Gasteiger partial charge in [0.1, 0.15) is 5.82 Å². The summed E-state index contributed by atoms with van der Waals surface area (Å²) >= 11 is 1.64. The Labute approximate surface area is 189 Å². The van der Waals surface area contributed by atoms with Crippen LogP contribution in [0, 0.1) is 13.8 Å². The fourth-order valence-corrected chi connectivity index (χ4v) is 6.44. The largest absolute Gasteiger partial charge is 0.307 e. The van der Waals surface area contributed by atoms with Crippen molar-refractivity contribution < 1.29 is 13.2 Å². The highest BCUT2D eigenvalue weighted by Gasteiger charge is 2.31. The third-order valence-electron chi connectivity index (χ3n) is 5.52. The maximum Gasteiger partial charge on any atom is 0.257 e. The molecule has 1 aliphatic heterocycles. The van der Waals surface area contributed by atoms with Gasteiger partial charge >= 0.3 is 0 Å². The molecule has 0 aliphatic carbocycles. The van der Waals surface area contributed by atoms with Crippen molar-refractivity contribution in [2.45, 2.75) is 32.9 Å². The van der Waals surface area contributed by atoms with Gasteiger partial charge in [0.05, 0.1) is 46.9 Å². The molecule has 166 valence electrons. The molecule has 4 aromatic heterocycles. The summed E-state index contributed by atoms with van der Waals surface area (Å²) in [4.78, 5) is 19.0. The van der Waals surface area contributed by atoms with Gasteiger partial charge in [-0.2, -0.15) is 10.2 Å². The zero-order valence-electron chi connectivity index (χ0n) is 17.6. The van der Waals surface area contributed by atoms with E-state index in [1.807, 2.05) is 31.4 Å². The van der Waals surface area contributed by atoms with E-state index in [2.05, 4.69) is 20.5 Å². The zero-order valence-corrected chi connectivity index (χ0v) is 19.3. The van der Waals surface area contributed by atoms with Crippen LogP contribution in [0.15, 0.2) is 35.8 Å². The first-order valence-electron chi connectivity index (χ1n) is 10.2. The highest BCUT2D eigenvalue weighted by Crippen LogP contribution is 2.28. The minimum atomic E-state index is -3.08. The lowest BCUT2D eigenvalue weighted by Crippen LogP contribution is -2.20. The number of nitrogens with zero attached hydrogens (tertiary/aromatic N) is 5. The number of nitrogens with one attached hydrogen (secondary N) is 1. The van der Waals surface area contributed by atoms with E-state index in [0.29, 0.717) is 46.8 Å². The maximum absolute atomic E-state index is 13.3. The molecule has 11 heteroatoms. The number of pyridine rings is 1. The Morgan fingerprint density at radius 1 is 1.28 bits per heavy atom. The van der Waals surface area contributed by atoms with E-state index in [1.165, 1.54) is 0 Å². The van der Waals surface area contributed by atoms with Gasteiger partial charge in [-0.3, -0.25) is 4.79 Å². The molecule has 0 saturated carbocycles. The molecule has 0 radical (unpaired) electrons. The van der Waals surface area contributed by atoms with Crippen molar-refractivity contribution in [2.24, 2.45) is 0 Å². The number of carbonyl (C=O) groups excluding carboxylic acids is 1. The summed E-state index contributed by atoms with van der Waals surface area (Å²) in [6.07, 6.45) is 2.15. The first kappa shape index (κ1) is 20.8. The smallest absolute Gasteiger partial charge is 0.257 e. The van der Waals surface area contributed by atoms with Crippen LogP contribution >= 0.6 is 11.3 Å². The Morgan fingerprint density at radius 3 is 2.84 bits per heavy atom. The zero-order chi connectivity index (χ0) is 22.5. The fraction of sp³-hybridized carbons (Fsp3) is 0.333. The fourth-order valence-electron chi connectivity index (χ4n) is 4.07. The van der Waals surface area contributed by atoms with Crippen LogP contribution in [-0.4, -0.2) is 50.4 Å². The third-order valence-corrected chi connectivity index (χ3v) is 8.13. The quantitative estimate of drug-likeness (QED) is 0.480. The summed E-state index contributed by atoms with van der Waals surface area (Å²) in [6, 6.07) is 7.24. The predicted octanol–water partition coefficient (Wildman–Crippen LogP) is 2.97. The molecular formula is C21H22N6O3S2. The second-order valence-corrected chi connectivity index (χ2v) is 11.3. The topological polar surface area (TPSA) is 112 Å². The normalized spacial score (nSPS) is 17.8. The van der Waals surface area contributed by atoms with Crippen LogP contribution in [0.2, 0.25) is 0 Å². The van der Waals surface area contributed by atoms with Crippen LogP contribution in [0.5, 0.6) is 0 Å². The summed E-state index contributed by atoms with van der Waals surface area (Å²) in [5.74, 6) is 0.351. The van der Waals surface area contributed by atoms with E-state index in [-0.39, 0.29) is 23.5 Å². The van der Waals surface area contributed by atoms with Gasteiger partial charge in [0, 0.05) is 16.6 Å². The van der Waals surface area contributed by atoms with E-state index in [4.69, 9.17) is 0 Å². The van der Waals surface area contributed by atoms with Gasteiger partial charge in [-0.05, 0) is 37.8 Å². The molecule has 0 bridgehead atoms. The van der Waals surface area contributed by atoms with E-state index in [9.17, 15) is 13.2 Å². The monoisotopic (exact) mass is 470 g/mol. The van der Waals surface area contributed by atoms with E-state index >= 15 is 0 Å². The van der Waals surface area contributed by atoms with Crippen LogP contribution < -0.4 is 5.32 Å². The molecule has 32 heavy (non-hydrogen) atoms. The number of sulfone groups is 1. The first-order chi connectivity index (χ1) is 15.3. The van der Waals surface area contributed by atoms with E-state index < -0.39 is 9.84 Å². The second-order valence-electron chi connectivity index (χ2n) is 8.06. The number of aromatic nitrogens is 5. The van der Waals surface area contributed by atoms with Gasteiger partial charge < -0.3 is 5.32 Å². The SMILES string of the molecule is Cc1cc(C(=O)Nc2cc(C)nn2C2CCS(=O)(=O)C2)c2cnn(Cc3cccs3)c2n1. The highest BCUT2D eigenvalue weighted by atomic mass is 32.2. The molecule has 1 atom stereocenters. The van der Waals surface area contributed by atoms with Crippen molar-refractivity contribution in [2.75, 3.05) is 16.8 Å². The molecule has 1 saturated heterocycles. The summed E-state index contributed by atoms with van der Waals surface area (Å²) in [5, 5.41) is 14.5. The number of aryl methyl sites for hydroxylation is 2. The van der Waals surface area contributed by atoms with E-state index in [0.717, 1.165) is 4.88 Å². The van der Waals surface area contributed by atoms with Crippen LogP contribution in [0.1, 0.15) is 39.1 Å². The molecule has 1 aliphatic rings.